The molecule has 0 aliphatic rings. The van der Waals surface area contributed by atoms with Gasteiger partial charge in [0.15, 0.2) is 5.58 Å². The van der Waals surface area contributed by atoms with Crippen LogP contribution in [0, 0.1) is 0 Å². The van der Waals surface area contributed by atoms with Gasteiger partial charge in [0.2, 0.25) is 5.89 Å². The second-order valence-electron chi connectivity index (χ2n) is 3.35. The Labute approximate surface area is 107 Å². The normalized spacial score (nSPS) is 10.0. The summed E-state index contributed by atoms with van der Waals surface area (Å²) in [6.45, 7) is 0. The molecule has 0 saturated carbocycles. The summed E-state index contributed by atoms with van der Waals surface area (Å²) in [6.07, 6.45) is 0. The average Bonchev–Trinajstić information content (AvgIpc) is 2.74. The molecule has 0 radical (unpaired) electrons. The Morgan fingerprint density at radius 3 is 2.31 bits per heavy atom. The van der Waals surface area contributed by atoms with Crippen molar-refractivity contribution in [3.63, 3.8) is 0 Å². The fourth-order valence-electron chi connectivity index (χ4n) is 1.58. The van der Waals surface area contributed by atoms with Crippen LogP contribution in [0.3, 0.4) is 0 Å². The molecule has 2 aromatic carbocycles. The molecule has 0 bridgehead atoms. The number of nitrogens with zero attached hydrogens (tertiary/aromatic N) is 1. The molecule has 0 aliphatic carbocycles. The minimum Gasteiger partial charge on any atom is -1.00 e. The molecule has 1 aromatic heterocycles. The SMILES string of the molecule is [H-].[Li+].c1ccc(-c2nc3ccccc3o2)cc1. The molecule has 0 spiro atoms. The topological polar surface area (TPSA) is 26.0 Å². The van der Waals surface area contributed by atoms with Gasteiger partial charge in [0.05, 0.1) is 0 Å². The molecule has 0 atom stereocenters. The van der Waals surface area contributed by atoms with E-state index in [0.29, 0.717) is 5.89 Å². The van der Waals surface area contributed by atoms with Crippen LogP contribution < -0.4 is 18.9 Å². The van der Waals surface area contributed by atoms with Crippen LogP contribution in [0.15, 0.2) is 59.0 Å². The molecule has 0 unspecified atom stereocenters. The first-order valence-corrected chi connectivity index (χ1v) is 4.84. The molecule has 3 heteroatoms. The Balaban J connectivity index is 0.000000722. The zero-order chi connectivity index (χ0) is 10.1. The minimum absolute atomic E-state index is 0. The largest absolute Gasteiger partial charge is 1.00 e. The number of hydrogen-bond donors (Lipinski definition) is 0. The summed E-state index contributed by atoms with van der Waals surface area (Å²) >= 11 is 0. The number of hydrogen-bond acceptors (Lipinski definition) is 2. The van der Waals surface area contributed by atoms with Gasteiger partial charge in [-0.25, -0.2) is 4.98 Å². The van der Waals surface area contributed by atoms with Gasteiger partial charge in [0.1, 0.15) is 5.52 Å². The van der Waals surface area contributed by atoms with Crippen molar-refractivity contribution in [2.75, 3.05) is 0 Å². The van der Waals surface area contributed by atoms with Crippen LogP contribution in [0.2, 0.25) is 0 Å². The van der Waals surface area contributed by atoms with Crippen LogP contribution >= 0.6 is 0 Å². The Morgan fingerprint density at radius 1 is 0.875 bits per heavy atom. The van der Waals surface area contributed by atoms with E-state index in [2.05, 4.69) is 4.98 Å². The van der Waals surface area contributed by atoms with E-state index in [4.69, 9.17) is 4.42 Å². The Morgan fingerprint density at radius 2 is 1.56 bits per heavy atom. The van der Waals surface area contributed by atoms with Crippen LogP contribution in [0.5, 0.6) is 0 Å². The molecule has 0 amide bonds. The second kappa shape index (κ2) is 4.57. The predicted octanol–water partition coefficient (Wildman–Crippen LogP) is 0.611. The summed E-state index contributed by atoms with van der Waals surface area (Å²) in [5.41, 5.74) is 2.74. The Kier molecular flexibility index (Phi) is 3.14. The number of para-hydroxylation sites is 2. The molecule has 74 valence electrons. The van der Waals surface area contributed by atoms with Crippen LogP contribution in [-0.2, 0) is 0 Å². The number of benzene rings is 2. The third-order valence-corrected chi connectivity index (χ3v) is 2.31. The van der Waals surface area contributed by atoms with E-state index >= 15 is 0 Å². The minimum atomic E-state index is 0. The Hall–Kier alpha value is -1.49. The standard InChI is InChI=1S/C13H9NO.Li.H/c1-2-6-10(7-3-1)13-14-11-8-4-5-9-12(11)15-13;;/h1-9H;;/q;+1;-1. The van der Waals surface area contributed by atoms with Gasteiger partial charge < -0.3 is 5.84 Å². The first-order valence-electron chi connectivity index (χ1n) is 4.84. The molecular weight excluding hydrogens is 193 g/mol. The molecule has 2 nitrogen and oxygen atoms in total. The molecule has 16 heavy (non-hydrogen) atoms. The predicted molar refractivity (Wildman–Crippen MR) is 60.6 cm³/mol. The third kappa shape index (κ3) is 1.90. The maximum absolute atomic E-state index is 5.64. The average molecular weight is 203 g/mol. The van der Waals surface area contributed by atoms with Crippen molar-refractivity contribution in [2.24, 2.45) is 0 Å². The summed E-state index contributed by atoms with van der Waals surface area (Å²) < 4.78 is 5.64. The summed E-state index contributed by atoms with van der Waals surface area (Å²) in [5.74, 6) is 0.678. The number of aromatic nitrogens is 1. The number of rotatable bonds is 1. The summed E-state index contributed by atoms with van der Waals surface area (Å²) in [5, 5.41) is 0. The van der Waals surface area contributed by atoms with Crippen molar-refractivity contribution in [1.29, 1.82) is 0 Å². The zero-order valence-electron chi connectivity index (χ0n) is 10.1. The van der Waals surface area contributed by atoms with Gasteiger partial charge in [-0.05, 0) is 24.3 Å². The fourth-order valence-corrected chi connectivity index (χ4v) is 1.58. The van der Waals surface area contributed by atoms with Gasteiger partial charge >= 0.3 is 18.9 Å². The van der Waals surface area contributed by atoms with Crippen molar-refractivity contribution >= 4 is 11.1 Å². The van der Waals surface area contributed by atoms with Gasteiger partial charge in [-0.2, -0.15) is 0 Å². The van der Waals surface area contributed by atoms with E-state index in [1.165, 1.54) is 0 Å². The molecule has 0 aliphatic heterocycles. The van der Waals surface area contributed by atoms with Crippen LogP contribution in [0.4, 0.5) is 0 Å². The maximum atomic E-state index is 5.64. The van der Waals surface area contributed by atoms with Crippen molar-refractivity contribution in [2.45, 2.75) is 0 Å². The molecule has 3 rings (SSSR count). The van der Waals surface area contributed by atoms with Gasteiger partial charge in [-0.3, -0.25) is 0 Å². The van der Waals surface area contributed by atoms with E-state index < -0.39 is 0 Å². The Bertz CT molecular complexity index is 561. The van der Waals surface area contributed by atoms with E-state index in [1.807, 2.05) is 54.6 Å². The summed E-state index contributed by atoms with van der Waals surface area (Å²) in [6, 6.07) is 17.7. The fraction of sp³-hybridized carbons (Fsp3) is 0. The van der Waals surface area contributed by atoms with Gasteiger partial charge in [0, 0.05) is 5.56 Å². The number of oxazole rings is 1. The molecule has 0 fully saturated rings. The van der Waals surface area contributed by atoms with E-state index in [0.717, 1.165) is 16.7 Å². The van der Waals surface area contributed by atoms with Crippen molar-refractivity contribution < 1.29 is 24.7 Å². The van der Waals surface area contributed by atoms with Crippen LogP contribution in [0.1, 0.15) is 1.43 Å². The second-order valence-corrected chi connectivity index (χ2v) is 3.35. The summed E-state index contributed by atoms with van der Waals surface area (Å²) in [4.78, 5) is 4.42. The first kappa shape index (κ1) is 11.0. The van der Waals surface area contributed by atoms with Gasteiger partial charge in [0.25, 0.3) is 0 Å². The molecule has 0 N–H and O–H groups in total. The molecule has 0 saturated heterocycles. The van der Waals surface area contributed by atoms with E-state index in [-0.39, 0.29) is 20.3 Å². The van der Waals surface area contributed by atoms with Gasteiger partial charge in [-0.1, -0.05) is 30.3 Å². The maximum Gasteiger partial charge on any atom is 1.00 e. The molecule has 3 aromatic rings. The van der Waals surface area contributed by atoms with Crippen LogP contribution in [0.25, 0.3) is 22.6 Å². The van der Waals surface area contributed by atoms with Crippen molar-refractivity contribution in [1.82, 2.24) is 4.98 Å². The van der Waals surface area contributed by atoms with Crippen LogP contribution in [-0.4, -0.2) is 4.98 Å². The third-order valence-electron chi connectivity index (χ3n) is 2.31. The number of fused-ring (bicyclic) bond motifs is 1. The van der Waals surface area contributed by atoms with E-state index in [9.17, 15) is 0 Å². The first-order chi connectivity index (χ1) is 7.43. The quantitative estimate of drug-likeness (QED) is 0.542. The van der Waals surface area contributed by atoms with Crippen molar-refractivity contribution in [3.8, 4) is 11.5 Å². The van der Waals surface area contributed by atoms with Crippen molar-refractivity contribution in [3.05, 3.63) is 54.6 Å². The van der Waals surface area contributed by atoms with E-state index in [1.54, 1.807) is 0 Å². The zero-order valence-corrected chi connectivity index (χ0v) is 9.05. The monoisotopic (exact) mass is 203 g/mol. The smallest absolute Gasteiger partial charge is 1.00 e. The summed E-state index contributed by atoms with van der Waals surface area (Å²) in [7, 11) is 0. The molecular formula is C13H10LiNO. The van der Waals surface area contributed by atoms with Gasteiger partial charge in [-0.15, -0.1) is 0 Å². The molecule has 1 heterocycles.